The van der Waals surface area contributed by atoms with Crippen molar-refractivity contribution in [2.24, 2.45) is 5.73 Å². The molecule has 0 fully saturated rings. The second-order valence-corrected chi connectivity index (χ2v) is 7.49. The molecule has 30 heavy (non-hydrogen) atoms. The molecular weight excluding hydrogens is 376 g/mol. The molecule has 6 heteroatoms. The number of imidazole rings is 1. The van der Waals surface area contributed by atoms with Crippen LogP contribution in [-0.4, -0.2) is 34.1 Å². The Labute approximate surface area is 173 Å². The van der Waals surface area contributed by atoms with Crippen molar-refractivity contribution in [3.8, 4) is 22.5 Å². The molecule has 5 rings (SSSR count). The van der Waals surface area contributed by atoms with E-state index in [1.165, 1.54) is 0 Å². The van der Waals surface area contributed by atoms with Crippen molar-refractivity contribution >= 4 is 16.9 Å². The van der Waals surface area contributed by atoms with Gasteiger partial charge in [-0.25, -0.2) is 4.98 Å². The average Bonchev–Trinajstić information content (AvgIpc) is 3.33. The van der Waals surface area contributed by atoms with Crippen molar-refractivity contribution in [3.05, 3.63) is 77.4 Å². The van der Waals surface area contributed by atoms with E-state index in [2.05, 4.69) is 28.5 Å². The maximum Gasteiger partial charge on any atom is 0.251 e. The van der Waals surface area contributed by atoms with Gasteiger partial charge < -0.3 is 21.1 Å². The molecular formula is C24H22N4O2. The van der Waals surface area contributed by atoms with Gasteiger partial charge in [-0.15, -0.1) is 0 Å². The predicted octanol–water partition coefficient (Wildman–Crippen LogP) is 3.37. The van der Waals surface area contributed by atoms with E-state index in [-0.39, 0.29) is 18.6 Å². The molecule has 1 aliphatic carbocycles. The highest BCUT2D eigenvalue weighted by molar-refractivity contribution is 5.98. The van der Waals surface area contributed by atoms with Crippen LogP contribution in [0.5, 0.6) is 0 Å². The molecule has 4 aromatic rings. The van der Waals surface area contributed by atoms with Crippen LogP contribution in [0.2, 0.25) is 0 Å². The van der Waals surface area contributed by atoms with E-state index in [1.807, 2.05) is 36.4 Å². The maximum absolute atomic E-state index is 12.3. The van der Waals surface area contributed by atoms with Gasteiger partial charge in [0.25, 0.3) is 5.91 Å². The summed E-state index contributed by atoms with van der Waals surface area (Å²) < 4.78 is 0. The van der Waals surface area contributed by atoms with Crippen molar-refractivity contribution in [3.63, 3.8) is 0 Å². The molecule has 0 bridgehead atoms. The van der Waals surface area contributed by atoms with Crippen LogP contribution < -0.4 is 11.1 Å². The third kappa shape index (κ3) is 2.98. The Morgan fingerprint density at radius 3 is 2.73 bits per heavy atom. The van der Waals surface area contributed by atoms with Crippen molar-refractivity contribution in [1.29, 1.82) is 0 Å². The second-order valence-electron chi connectivity index (χ2n) is 7.49. The van der Waals surface area contributed by atoms with E-state index in [0.717, 1.165) is 44.7 Å². The van der Waals surface area contributed by atoms with E-state index >= 15 is 0 Å². The predicted molar refractivity (Wildman–Crippen MR) is 117 cm³/mol. The summed E-state index contributed by atoms with van der Waals surface area (Å²) in [5.74, 6) is 0.589. The molecule has 150 valence electrons. The van der Waals surface area contributed by atoms with Gasteiger partial charge in [-0.2, -0.15) is 0 Å². The van der Waals surface area contributed by atoms with Gasteiger partial charge in [0.15, 0.2) is 0 Å². The smallest absolute Gasteiger partial charge is 0.251 e. The summed E-state index contributed by atoms with van der Waals surface area (Å²) in [5, 5.41) is 11.7. The Balaban J connectivity index is 1.56. The van der Waals surface area contributed by atoms with Crippen LogP contribution >= 0.6 is 0 Å². The summed E-state index contributed by atoms with van der Waals surface area (Å²) in [7, 11) is 0. The topological polar surface area (TPSA) is 104 Å². The van der Waals surface area contributed by atoms with Crippen LogP contribution in [0.15, 0.2) is 60.7 Å². The number of aromatic amines is 1. The Morgan fingerprint density at radius 2 is 1.87 bits per heavy atom. The monoisotopic (exact) mass is 398 g/mol. The number of nitrogens with one attached hydrogen (secondary N) is 2. The maximum atomic E-state index is 12.3. The van der Waals surface area contributed by atoms with Gasteiger partial charge in [-0.3, -0.25) is 4.79 Å². The number of carbonyl (C=O) groups excluding carboxylic acids is 1. The molecule has 0 spiro atoms. The average molecular weight is 398 g/mol. The van der Waals surface area contributed by atoms with Gasteiger partial charge in [0.05, 0.1) is 17.1 Å². The van der Waals surface area contributed by atoms with Gasteiger partial charge in [-0.05, 0) is 46.9 Å². The first-order valence-electron chi connectivity index (χ1n) is 10.0. The Morgan fingerprint density at radius 1 is 1.07 bits per heavy atom. The Hall–Kier alpha value is -3.48. The molecule has 1 amide bonds. The molecule has 5 N–H and O–H groups in total. The molecule has 0 saturated carbocycles. The minimum absolute atomic E-state index is 0.0530. The van der Waals surface area contributed by atoms with Gasteiger partial charge in [0, 0.05) is 24.3 Å². The molecule has 1 heterocycles. The zero-order valence-corrected chi connectivity index (χ0v) is 16.4. The Kier molecular flexibility index (Phi) is 4.58. The summed E-state index contributed by atoms with van der Waals surface area (Å²) in [6, 6.07) is 19.6. The van der Waals surface area contributed by atoms with Crippen LogP contribution in [0, 0.1) is 0 Å². The number of nitrogens with zero attached hydrogens (tertiary/aromatic N) is 1. The van der Waals surface area contributed by atoms with Crippen LogP contribution in [0.4, 0.5) is 0 Å². The summed E-state index contributed by atoms with van der Waals surface area (Å²) in [6.45, 7) is 0.495. The number of nitrogens with two attached hydrogens (primary N) is 1. The van der Waals surface area contributed by atoms with Crippen molar-refractivity contribution in [1.82, 2.24) is 15.3 Å². The highest BCUT2D eigenvalue weighted by atomic mass is 16.3. The number of carbonyl (C=O) groups is 1. The SMILES string of the molecule is NC1c2ccccc2-c2c(-c3nc4ccc(C(=O)NCCCO)cc4[nH]3)cccc21. The van der Waals surface area contributed by atoms with Gasteiger partial charge >= 0.3 is 0 Å². The van der Waals surface area contributed by atoms with Crippen LogP contribution in [-0.2, 0) is 0 Å². The third-order valence-corrected chi connectivity index (χ3v) is 5.62. The highest BCUT2D eigenvalue weighted by Crippen LogP contribution is 2.46. The van der Waals surface area contributed by atoms with Crippen LogP contribution in [0.1, 0.15) is 33.9 Å². The number of aromatic nitrogens is 2. The fourth-order valence-electron chi connectivity index (χ4n) is 4.15. The first-order chi connectivity index (χ1) is 14.7. The van der Waals surface area contributed by atoms with E-state index in [0.29, 0.717) is 18.5 Å². The molecule has 1 aliphatic rings. The van der Waals surface area contributed by atoms with E-state index < -0.39 is 0 Å². The summed E-state index contributed by atoms with van der Waals surface area (Å²) in [5.41, 5.74) is 14.1. The molecule has 0 aliphatic heterocycles. The lowest BCUT2D eigenvalue weighted by Gasteiger charge is -2.08. The lowest BCUT2D eigenvalue weighted by atomic mass is 9.99. The third-order valence-electron chi connectivity index (χ3n) is 5.62. The minimum Gasteiger partial charge on any atom is -0.396 e. The molecule has 1 atom stereocenters. The lowest BCUT2D eigenvalue weighted by Crippen LogP contribution is -2.24. The van der Waals surface area contributed by atoms with E-state index in [1.54, 1.807) is 6.07 Å². The zero-order chi connectivity index (χ0) is 20.7. The second kappa shape index (κ2) is 7.40. The first kappa shape index (κ1) is 18.5. The molecule has 0 radical (unpaired) electrons. The fourth-order valence-corrected chi connectivity index (χ4v) is 4.15. The minimum atomic E-state index is -0.165. The first-order valence-corrected chi connectivity index (χ1v) is 10.0. The number of hydrogen-bond acceptors (Lipinski definition) is 4. The number of aliphatic hydroxyl groups is 1. The largest absolute Gasteiger partial charge is 0.396 e. The van der Waals surface area contributed by atoms with Gasteiger partial charge in [0.2, 0.25) is 0 Å². The summed E-state index contributed by atoms with van der Waals surface area (Å²) >= 11 is 0. The van der Waals surface area contributed by atoms with Gasteiger partial charge in [-0.1, -0.05) is 42.5 Å². The van der Waals surface area contributed by atoms with Crippen molar-refractivity contribution in [2.75, 3.05) is 13.2 Å². The van der Waals surface area contributed by atoms with Crippen molar-refractivity contribution in [2.45, 2.75) is 12.5 Å². The number of aliphatic hydroxyl groups excluding tert-OH is 1. The van der Waals surface area contributed by atoms with Crippen LogP contribution in [0.3, 0.4) is 0 Å². The molecule has 0 saturated heterocycles. The van der Waals surface area contributed by atoms with Gasteiger partial charge in [0.1, 0.15) is 5.82 Å². The molecule has 1 unspecified atom stereocenters. The van der Waals surface area contributed by atoms with Crippen molar-refractivity contribution < 1.29 is 9.90 Å². The normalized spacial score (nSPS) is 14.5. The quantitative estimate of drug-likeness (QED) is 0.387. The summed E-state index contributed by atoms with van der Waals surface area (Å²) in [6.07, 6.45) is 0.533. The molecule has 6 nitrogen and oxygen atoms in total. The molecule has 3 aromatic carbocycles. The fraction of sp³-hybridized carbons (Fsp3) is 0.167. The Bertz CT molecular complexity index is 1260. The zero-order valence-electron chi connectivity index (χ0n) is 16.4. The van der Waals surface area contributed by atoms with Crippen LogP contribution in [0.25, 0.3) is 33.5 Å². The number of hydrogen-bond donors (Lipinski definition) is 4. The summed E-state index contributed by atoms with van der Waals surface area (Å²) in [4.78, 5) is 20.5. The van der Waals surface area contributed by atoms with E-state index in [4.69, 9.17) is 15.8 Å². The number of amides is 1. The number of H-pyrrole nitrogens is 1. The standard InChI is InChI=1S/C24H22N4O2/c25-22-16-6-2-1-5-15(16)21-17(22)7-3-8-18(21)23-27-19-10-9-14(13-20(19)28-23)24(30)26-11-4-12-29/h1-3,5-10,13,22,29H,4,11-12,25H2,(H,26,30)(H,27,28). The number of rotatable bonds is 5. The number of benzene rings is 3. The van der Waals surface area contributed by atoms with E-state index in [9.17, 15) is 4.79 Å². The molecule has 1 aromatic heterocycles. The number of fused-ring (bicyclic) bond motifs is 4. The highest BCUT2D eigenvalue weighted by Gasteiger charge is 2.28. The lowest BCUT2D eigenvalue weighted by molar-refractivity contribution is 0.0951.